The summed E-state index contributed by atoms with van der Waals surface area (Å²) in [5, 5.41) is 8.72. The molecule has 2 rings (SSSR count). The molecule has 2 aromatic rings. The van der Waals surface area contributed by atoms with Crippen LogP contribution < -0.4 is 4.74 Å². The Labute approximate surface area is 103 Å². The Bertz CT molecular complexity index is 551. The van der Waals surface area contributed by atoms with Gasteiger partial charge in [0.05, 0.1) is 11.3 Å². The maximum absolute atomic E-state index is 13.6. The number of ether oxygens (including phenoxy) is 1. The summed E-state index contributed by atoms with van der Waals surface area (Å²) < 4.78 is 19.0. The van der Waals surface area contributed by atoms with Gasteiger partial charge in [0.1, 0.15) is 6.10 Å². The highest BCUT2D eigenvalue weighted by Gasteiger charge is 2.13. The molecule has 1 aromatic heterocycles. The summed E-state index contributed by atoms with van der Waals surface area (Å²) in [6.45, 7) is 1.77. The molecule has 5 heteroatoms. The number of nitrogens with one attached hydrogen (secondary N) is 1. The van der Waals surface area contributed by atoms with E-state index in [9.17, 15) is 9.18 Å². The molecule has 1 unspecified atom stereocenters. The van der Waals surface area contributed by atoms with Gasteiger partial charge in [-0.25, -0.2) is 9.18 Å². The van der Waals surface area contributed by atoms with Crippen LogP contribution in [0.1, 0.15) is 29.1 Å². The number of benzene rings is 1. The van der Waals surface area contributed by atoms with Gasteiger partial charge in [0, 0.05) is 6.20 Å². The lowest BCUT2D eigenvalue weighted by Gasteiger charge is -2.14. The highest BCUT2D eigenvalue weighted by molar-refractivity contribution is 5.87. The second-order valence-electron chi connectivity index (χ2n) is 3.84. The Morgan fingerprint density at radius 2 is 2.22 bits per heavy atom. The molecular formula is C13H12FNO3. The van der Waals surface area contributed by atoms with E-state index in [0.29, 0.717) is 0 Å². The maximum atomic E-state index is 13.6. The predicted molar refractivity (Wildman–Crippen MR) is 63.2 cm³/mol. The van der Waals surface area contributed by atoms with E-state index < -0.39 is 11.8 Å². The van der Waals surface area contributed by atoms with Crippen LogP contribution in [0.15, 0.2) is 36.5 Å². The maximum Gasteiger partial charge on any atom is 0.335 e. The third kappa shape index (κ3) is 2.51. The molecule has 0 spiro atoms. The molecule has 0 saturated carbocycles. The zero-order valence-corrected chi connectivity index (χ0v) is 9.68. The quantitative estimate of drug-likeness (QED) is 0.875. The van der Waals surface area contributed by atoms with Crippen molar-refractivity contribution >= 4 is 5.97 Å². The van der Waals surface area contributed by atoms with Crippen molar-refractivity contribution in [1.29, 1.82) is 0 Å². The molecule has 1 aromatic carbocycles. The number of aromatic amines is 1. The van der Waals surface area contributed by atoms with Crippen LogP contribution in [0.2, 0.25) is 0 Å². The molecule has 0 fully saturated rings. The second kappa shape index (κ2) is 4.91. The molecule has 0 saturated heterocycles. The Kier molecular flexibility index (Phi) is 3.32. The van der Waals surface area contributed by atoms with Gasteiger partial charge in [0.25, 0.3) is 0 Å². The van der Waals surface area contributed by atoms with Gasteiger partial charge in [0.15, 0.2) is 11.6 Å². The van der Waals surface area contributed by atoms with Crippen molar-refractivity contribution in [1.82, 2.24) is 4.98 Å². The highest BCUT2D eigenvalue weighted by atomic mass is 19.1. The molecule has 0 aliphatic rings. The molecule has 1 atom stereocenters. The molecule has 94 valence electrons. The fraction of sp³-hybridized carbons (Fsp3) is 0.154. The van der Waals surface area contributed by atoms with Gasteiger partial charge in [-0.05, 0) is 37.3 Å². The number of aromatic carboxylic acids is 1. The van der Waals surface area contributed by atoms with Gasteiger partial charge in [-0.2, -0.15) is 0 Å². The van der Waals surface area contributed by atoms with Gasteiger partial charge in [-0.1, -0.05) is 0 Å². The average molecular weight is 249 g/mol. The molecule has 0 bridgehead atoms. The molecule has 2 N–H and O–H groups in total. The summed E-state index contributed by atoms with van der Waals surface area (Å²) in [4.78, 5) is 13.6. The standard InChI is InChI=1S/C13H12FNO3/c1-8(11-3-2-6-15-11)18-12-5-4-9(13(16)17)7-10(12)14/h2-8,15H,1H3,(H,16,17). The van der Waals surface area contributed by atoms with E-state index in [1.165, 1.54) is 12.1 Å². The smallest absolute Gasteiger partial charge is 0.335 e. The lowest BCUT2D eigenvalue weighted by atomic mass is 10.2. The van der Waals surface area contributed by atoms with Gasteiger partial charge in [0.2, 0.25) is 0 Å². The number of hydrogen-bond acceptors (Lipinski definition) is 2. The van der Waals surface area contributed by atoms with E-state index in [4.69, 9.17) is 9.84 Å². The molecule has 18 heavy (non-hydrogen) atoms. The lowest BCUT2D eigenvalue weighted by Crippen LogP contribution is -2.05. The number of halogens is 1. The molecular weight excluding hydrogens is 237 g/mol. The summed E-state index contributed by atoms with van der Waals surface area (Å²) >= 11 is 0. The summed E-state index contributed by atoms with van der Waals surface area (Å²) in [5.41, 5.74) is 0.712. The third-order valence-corrected chi connectivity index (χ3v) is 2.54. The predicted octanol–water partition coefficient (Wildman–Crippen LogP) is 2.99. The normalized spacial score (nSPS) is 12.1. The number of hydrogen-bond donors (Lipinski definition) is 2. The van der Waals surface area contributed by atoms with Crippen molar-refractivity contribution < 1.29 is 19.0 Å². The minimum Gasteiger partial charge on any atom is -0.481 e. The fourth-order valence-electron chi connectivity index (χ4n) is 1.58. The van der Waals surface area contributed by atoms with Gasteiger partial charge >= 0.3 is 5.97 Å². The van der Waals surface area contributed by atoms with E-state index in [-0.39, 0.29) is 17.4 Å². The van der Waals surface area contributed by atoms with Crippen LogP contribution in [0.5, 0.6) is 5.75 Å². The zero-order chi connectivity index (χ0) is 13.1. The monoisotopic (exact) mass is 249 g/mol. The van der Waals surface area contributed by atoms with Crippen LogP contribution in [0.3, 0.4) is 0 Å². The second-order valence-corrected chi connectivity index (χ2v) is 3.84. The molecule has 0 amide bonds. The first-order chi connectivity index (χ1) is 8.58. The minimum atomic E-state index is -1.17. The lowest BCUT2D eigenvalue weighted by molar-refractivity contribution is 0.0696. The molecule has 0 aliphatic heterocycles. The zero-order valence-electron chi connectivity index (χ0n) is 9.68. The van der Waals surface area contributed by atoms with Gasteiger partial charge in [-0.15, -0.1) is 0 Å². The van der Waals surface area contributed by atoms with Crippen molar-refractivity contribution in [2.45, 2.75) is 13.0 Å². The number of rotatable bonds is 4. The van der Waals surface area contributed by atoms with E-state index in [0.717, 1.165) is 11.8 Å². The van der Waals surface area contributed by atoms with Crippen molar-refractivity contribution in [3.05, 3.63) is 53.6 Å². The minimum absolute atomic E-state index is 0.0297. The summed E-state index contributed by atoms with van der Waals surface area (Å²) in [7, 11) is 0. The average Bonchev–Trinajstić information content (AvgIpc) is 2.85. The summed E-state index contributed by atoms with van der Waals surface area (Å²) in [6, 6.07) is 7.22. The van der Waals surface area contributed by atoms with Crippen molar-refractivity contribution in [2.75, 3.05) is 0 Å². The topological polar surface area (TPSA) is 62.3 Å². The third-order valence-electron chi connectivity index (χ3n) is 2.54. The van der Waals surface area contributed by atoms with Gasteiger partial charge in [-0.3, -0.25) is 0 Å². The Morgan fingerprint density at radius 3 is 2.78 bits per heavy atom. The number of carboxylic acid groups (broad SMARTS) is 1. The molecule has 0 radical (unpaired) electrons. The van der Waals surface area contributed by atoms with Crippen molar-refractivity contribution in [3.63, 3.8) is 0 Å². The van der Waals surface area contributed by atoms with Crippen LogP contribution in [0.25, 0.3) is 0 Å². The Balaban J connectivity index is 2.17. The number of H-pyrrole nitrogens is 1. The van der Waals surface area contributed by atoms with Crippen LogP contribution in [0, 0.1) is 5.82 Å². The number of carboxylic acids is 1. The first-order valence-corrected chi connectivity index (χ1v) is 5.40. The summed E-state index contributed by atoms with van der Waals surface area (Å²) in [5.74, 6) is -1.83. The van der Waals surface area contributed by atoms with E-state index in [2.05, 4.69) is 4.98 Å². The van der Waals surface area contributed by atoms with Crippen LogP contribution in [0.4, 0.5) is 4.39 Å². The van der Waals surface area contributed by atoms with Crippen LogP contribution in [-0.2, 0) is 0 Å². The number of carbonyl (C=O) groups is 1. The van der Waals surface area contributed by atoms with E-state index >= 15 is 0 Å². The first kappa shape index (κ1) is 12.2. The van der Waals surface area contributed by atoms with Crippen LogP contribution >= 0.6 is 0 Å². The van der Waals surface area contributed by atoms with Crippen LogP contribution in [-0.4, -0.2) is 16.1 Å². The molecule has 4 nitrogen and oxygen atoms in total. The number of aromatic nitrogens is 1. The first-order valence-electron chi connectivity index (χ1n) is 5.40. The molecule has 1 heterocycles. The largest absolute Gasteiger partial charge is 0.481 e. The fourth-order valence-corrected chi connectivity index (χ4v) is 1.58. The van der Waals surface area contributed by atoms with Gasteiger partial charge < -0.3 is 14.8 Å². The van der Waals surface area contributed by atoms with Crippen molar-refractivity contribution in [3.8, 4) is 5.75 Å². The van der Waals surface area contributed by atoms with E-state index in [1.54, 1.807) is 13.1 Å². The Morgan fingerprint density at radius 1 is 1.44 bits per heavy atom. The summed E-state index contributed by atoms with van der Waals surface area (Å²) in [6.07, 6.45) is 1.41. The SMILES string of the molecule is CC(Oc1ccc(C(=O)O)cc1F)c1ccc[nH]1. The molecule has 0 aliphatic carbocycles. The van der Waals surface area contributed by atoms with E-state index in [1.807, 2.05) is 12.1 Å². The Hall–Kier alpha value is -2.30. The highest BCUT2D eigenvalue weighted by Crippen LogP contribution is 2.24. The van der Waals surface area contributed by atoms with Crippen molar-refractivity contribution in [2.24, 2.45) is 0 Å².